The van der Waals surface area contributed by atoms with Crippen LogP contribution in [-0.4, -0.2) is 23.1 Å². The summed E-state index contributed by atoms with van der Waals surface area (Å²) in [5.41, 5.74) is 6.69. The number of piperidine rings is 1. The van der Waals surface area contributed by atoms with Gasteiger partial charge in [0.15, 0.2) is 5.95 Å². The molecule has 4 nitrogen and oxygen atoms in total. The molecule has 66 valence electrons. The van der Waals surface area contributed by atoms with Crippen molar-refractivity contribution in [3.05, 3.63) is 11.9 Å². The third-order valence-electron chi connectivity index (χ3n) is 2.39. The summed E-state index contributed by atoms with van der Waals surface area (Å²) < 4.78 is 0. The van der Waals surface area contributed by atoms with Crippen LogP contribution >= 0.6 is 0 Å². The summed E-state index contributed by atoms with van der Waals surface area (Å²) >= 11 is 0. The predicted molar refractivity (Wildman–Crippen MR) is 47.8 cm³/mol. The summed E-state index contributed by atoms with van der Waals surface area (Å²) in [4.78, 5) is 7.08. The van der Waals surface area contributed by atoms with Gasteiger partial charge in [-0.05, 0) is 25.9 Å². The van der Waals surface area contributed by atoms with Gasteiger partial charge in [-0.15, -0.1) is 0 Å². The Balaban J connectivity index is 2.08. The number of H-pyrrole nitrogens is 1. The van der Waals surface area contributed by atoms with Crippen molar-refractivity contribution < 1.29 is 0 Å². The number of rotatable bonds is 1. The number of nitrogen functional groups attached to an aromatic ring is 1. The van der Waals surface area contributed by atoms with Crippen molar-refractivity contribution in [1.29, 1.82) is 0 Å². The summed E-state index contributed by atoms with van der Waals surface area (Å²) in [6.45, 7) is 2.20. The number of aromatic nitrogens is 2. The Morgan fingerprint density at radius 1 is 1.42 bits per heavy atom. The molecule has 1 fully saturated rings. The third-order valence-corrected chi connectivity index (χ3v) is 2.39. The molecule has 2 heterocycles. The molecule has 0 saturated carbocycles. The number of aromatic amines is 1. The highest BCUT2D eigenvalue weighted by molar-refractivity contribution is 5.21. The first kappa shape index (κ1) is 7.61. The second kappa shape index (κ2) is 3.15. The lowest BCUT2D eigenvalue weighted by Crippen LogP contribution is -2.26. The first-order chi connectivity index (χ1) is 5.86. The lowest BCUT2D eigenvalue weighted by molar-refractivity contribution is 0.454. The van der Waals surface area contributed by atoms with E-state index in [0.717, 1.165) is 13.1 Å². The average molecular weight is 166 g/mol. The number of anilines is 1. The Bertz CT molecular complexity index is 249. The average Bonchev–Trinajstić information content (AvgIpc) is 2.54. The van der Waals surface area contributed by atoms with Crippen LogP contribution in [0.2, 0.25) is 0 Å². The Labute approximate surface area is 71.6 Å². The number of imidazole rings is 1. The SMILES string of the molecule is Nc1ncc(C2CCNCC2)[nH]1. The fraction of sp³-hybridized carbons (Fsp3) is 0.625. The molecule has 12 heavy (non-hydrogen) atoms. The topological polar surface area (TPSA) is 66.7 Å². The van der Waals surface area contributed by atoms with E-state index in [1.807, 2.05) is 6.20 Å². The Morgan fingerprint density at radius 2 is 2.17 bits per heavy atom. The van der Waals surface area contributed by atoms with Crippen LogP contribution in [-0.2, 0) is 0 Å². The number of nitrogens with two attached hydrogens (primary N) is 1. The lowest BCUT2D eigenvalue weighted by atomic mass is 9.95. The maximum absolute atomic E-state index is 5.50. The highest BCUT2D eigenvalue weighted by Gasteiger charge is 2.16. The zero-order chi connectivity index (χ0) is 8.39. The molecule has 1 saturated heterocycles. The monoisotopic (exact) mass is 166 g/mol. The molecular weight excluding hydrogens is 152 g/mol. The van der Waals surface area contributed by atoms with E-state index in [-0.39, 0.29) is 0 Å². The maximum atomic E-state index is 5.50. The highest BCUT2D eigenvalue weighted by atomic mass is 15.0. The minimum absolute atomic E-state index is 0.531. The summed E-state index contributed by atoms with van der Waals surface area (Å²) in [5.74, 6) is 1.15. The molecule has 4 N–H and O–H groups in total. The second-order valence-corrected chi connectivity index (χ2v) is 3.25. The molecule has 0 bridgehead atoms. The number of hydrogen-bond acceptors (Lipinski definition) is 3. The van der Waals surface area contributed by atoms with Crippen molar-refractivity contribution in [2.24, 2.45) is 0 Å². The van der Waals surface area contributed by atoms with Gasteiger partial charge in [0.05, 0.1) is 6.20 Å². The highest BCUT2D eigenvalue weighted by Crippen LogP contribution is 2.23. The van der Waals surface area contributed by atoms with Crippen LogP contribution in [0.15, 0.2) is 6.20 Å². The van der Waals surface area contributed by atoms with Gasteiger partial charge in [-0.2, -0.15) is 0 Å². The minimum Gasteiger partial charge on any atom is -0.369 e. The first-order valence-corrected chi connectivity index (χ1v) is 4.37. The van der Waals surface area contributed by atoms with Gasteiger partial charge in [-0.1, -0.05) is 0 Å². The Morgan fingerprint density at radius 3 is 2.75 bits per heavy atom. The van der Waals surface area contributed by atoms with Gasteiger partial charge in [0.25, 0.3) is 0 Å². The van der Waals surface area contributed by atoms with E-state index in [4.69, 9.17) is 5.73 Å². The van der Waals surface area contributed by atoms with Crippen molar-refractivity contribution in [2.45, 2.75) is 18.8 Å². The van der Waals surface area contributed by atoms with Crippen molar-refractivity contribution in [3.63, 3.8) is 0 Å². The van der Waals surface area contributed by atoms with Gasteiger partial charge in [0.1, 0.15) is 0 Å². The van der Waals surface area contributed by atoms with Crippen LogP contribution in [0.5, 0.6) is 0 Å². The Kier molecular flexibility index (Phi) is 1.99. The fourth-order valence-corrected chi connectivity index (χ4v) is 1.69. The van der Waals surface area contributed by atoms with Gasteiger partial charge in [-0.3, -0.25) is 0 Å². The van der Waals surface area contributed by atoms with E-state index in [2.05, 4.69) is 15.3 Å². The standard InChI is InChI=1S/C8H14N4/c9-8-11-5-7(12-8)6-1-3-10-4-2-6/h5-6,10H,1-4H2,(H3,9,11,12). The number of nitrogens with zero attached hydrogens (tertiary/aromatic N) is 1. The molecule has 1 aliphatic heterocycles. The Hall–Kier alpha value is -1.03. The molecule has 1 aromatic heterocycles. The predicted octanol–water partition coefficient (Wildman–Crippen LogP) is 0.459. The molecule has 0 amide bonds. The summed E-state index contributed by atoms with van der Waals surface area (Å²) in [6.07, 6.45) is 4.22. The van der Waals surface area contributed by atoms with Crippen LogP contribution < -0.4 is 11.1 Å². The van der Waals surface area contributed by atoms with E-state index in [1.54, 1.807) is 0 Å². The first-order valence-electron chi connectivity index (χ1n) is 4.37. The van der Waals surface area contributed by atoms with Gasteiger partial charge >= 0.3 is 0 Å². The number of nitrogens with one attached hydrogen (secondary N) is 2. The molecule has 0 unspecified atom stereocenters. The number of hydrogen-bond donors (Lipinski definition) is 3. The normalized spacial score (nSPS) is 19.7. The van der Waals surface area contributed by atoms with Crippen LogP contribution in [0.3, 0.4) is 0 Å². The summed E-state index contributed by atoms with van der Waals surface area (Å²) in [7, 11) is 0. The maximum Gasteiger partial charge on any atom is 0.197 e. The van der Waals surface area contributed by atoms with Crippen LogP contribution in [0, 0.1) is 0 Å². The molecular formula is C8H14N4. The summed E-state index contributed by atoms with van der Waals surface area (Å²) in [6, 6.07) is 0. The van der Waals surface area contributed by atoms with E-state index in [1.165, 1.54) is 18.5 Å². The van der Waals surface area contributed by atoms with Gasteiger partial charge in [0.2, 0.25) is 0 Å². The molecule has 1 aliphatic rings. The molecule has 0 aromatic carbocycles. The van der Waals surface area contributed by atoms with Gasteiger partial charge in [0, 0.05) is 11.6 Å². The van der Waals surface area contributed by atoms with Crippen LogP contribution in [0.25, 0.3) is 0 Å². The minimum atomic E-state index is 0.531. The molecule has 2 rings (SSSR count). The van der Waals surface area contributed by atoms with Crippen molar-refractivity contribution in [2.75, 3.05) is 18.8 Å². The van der Waals surface area contributed by atoms with E-state index < -0.39 is 0 Å². The summed E-state index contributed by atoms with van der Waals surface area (Å²) in [5, 5.41) is 3.33. The fourth-order valence-electron chi connectivity index (χ4n) is 1.69. The van der Waals surface area contributed by atoms with E-state index >= 15 is 0 Å². The molecule has 0 aliphatic carbocycles. The van der Waals surface area contributed by atoms with Crippen molar-refractivity contribution in [1.82, 2.24) is 15.3 Å². The van der Waals surface area contributed by atoms with Gasteiger partial charge < -0.3 is 16.0 Å². The largest absolute Gasteiger partial charge is 0.369 e. The smallest absolute Gasteiger partial charge is 0.197 e. The van der Waals surface area contributed by atoms with Gasteiger partial charge in [-0.25, -0.2) is 4.98 Å². The lowest BCUT2D eigenvalue weighted by Gasteiger charge is -2.20. The van der Waals surface area contributed by atoms with E-state index in [0.29, 0.717) is 11.9 Å². The molecule has 0 atom stereocenters. The van der Waals surface area contributed by atoms with Crippen molar-refractivity contribution in [3.8, 4) is 0 Å². The zero-order valence-electron chi connectivity index (χ0n) is 7.01. The van der Waals surface area contributed by atoms with Crippen LogP contribution in [0.4, 0.5) is 5.95 Å². The van der Waals surface area contributed by atoms with Crippen molar-refractivity contribution >= 4 is 5.95 Å². The van der Waals surface area contributed by atoms with E-state index in [9.17, 15) is 0 Å². The van der Waals surface area contributed by atoms with Crippen LogP contribution in [0.1, 0.15) is 24.5 Å². The molecule has 0 radical (unpaired) electrons. The quantitative estimate of drug-likeness (QED) is 0.567. The molecule has 0 spiro atoms. The second-order valence-electron chi connectivity index (χ2n) is 3.25. The third kappa shape index (κ3) is 1.43. The molecule has 1 aromatic rings. The molecule has 4 heteroatoms. The zero-order valence-corrected chi connectivity index (χ0v) is 7.01.